The number of hydrogen-bond donors (Lipinski definition) is 2. The fourth-order valence-electron chi connectivity index (χ4n) is 2.96. The molecule has 1 rings (SSSR count). The highest BCUT2D eigenvalue weighted by atomic mass is 16.5. The van der Waals surface area contributed by atoms with Gasteiger partial charge in [0.15, 0.2) is 0 Å². The molecule has 5 heteroatoms. The Morgan fingerprint density at radius 1 is 1.37 bits per heavy atom. The zero-order valence-electron chi connectivity index (χ0n) is 12.4. The lowest BCUT2D eigenvalue weighted by atomic mass is 9.87. The molecular weight excluding hydrogens is 244 g/mol. The van der Waals surface area contributed by atoms with E-state index in [0.29, 0.717) is 12.5 Å². The van der Waals surface area contributed by atoms with Crippen LogP contribution in [0.2, 0.25) is 0 Å². The standard InChI is InChI=1S/C14H26N2O3/c1-5-10(6-2)13(16-9(3)17)12-7-11(8-15-12)14(18)19-4/h10-13,15H,5-8H2,1-4H3,(H,16,17)/t11-,12+,13?/m1/s1. The first kappa shape index (κ1) is 16.0. The Hall–Kier alpha value is -1.10. The predicted octanol–water partition coefficient (Wildman–Crippen LogP) is 1.08. The molecule has 1 amide bonds. The molecule has 0 bridgehead atoms. The van der Waals surface area contributed by atoms with Crippen LogP contribution in [-0.2, 0) is 14.3 Å². The molecule has 1 fully saturated rings. The summed E-state index contributed by atoms with van der Waals surface area (Å²) in [5.74, 6) is 0.153. The van der Waals surface area contributed by atoms with Gasteiger partial charge in [0.05, 0.1) is 13.0 Å². The average Bonchev–Trinajstić information content (AvgIpc) is 2.87. The first-order chi connectivity index (χ1) is 9.03. The molecule has 0 aromatic carbocycles. The zero-order chi connectivity index (χ0) is 14.4. The normalized spacial score (nSPS) is 24.3. The second kappa shape index (κ2) is 7.48. The molecular formula is C14H26N2O3. The van der Waals surface area contributed by atoms with Gasteiger partial charge in [0.1, 0.15) is 0 Å². The van der Waals surface area contributed by atoms with Gasteiger partial charge < -0.3 is 15.4 Å². The minimum absolute atomic E-state index is 0.0137. The third kappa shape index (κ3) is 4.20. The van der Waals surface area contributed by atoms with E-state index in [0.717, 1.165) is 19.3 Å². The quantitative estimate of drug-likeness (QED) is 0.709. The number of nitrogens with one attached hydrogen (secondary N) is 2. The van der Waals surface area contributed by atoms with Crippen molar-refractivity contribution >= 4 is 11.9 Å². The van der Waals surface area contributed by atoms with E-state index in [2.05, 4.69) is 24.5 Å². The average molecular weight is 270 g/mol. The van der Waals surface area contributed by atoms with Crippen molar-refractivity contribution in [1.29, 1.82) is 0 Å². The molecule has 19 heavy (non-hydrogen) atoms. The van der Waals surface area contributed by atoms with Crippen molar-refractivity contribution in [3.05, 3.63) is 0 Å². The van der Waals surface area contributed by atoms with E-state index in [4.69, 9.17) is 4.74 Å². The summed E-state index contributed by atoms with van der Waals surface area (Å²) in [6, 6.07) is 0.236. The molecule has 5 nitrogen and oxygen atoms in total. The Morgan fingerprint density at radius 3 is 2.47 bits per heavy atom. The van der Waals surface area contributed by atoms with Gasteiger partial charge in [0, 0.05) is 25.6 Å². The fraction of sp³-hybridized carbons (Fsp3) is 0.857. The second-order valence-electron chi connectivity index (χ2n) is 5.27. The Labute approximate surface area is 115 Å². The molecule has 0 aromatic heterocycles. The third-order valence-corrected chi connectivity index (χ3v) is 4.06. The van der Waals surface area contributed by atoms with Crippen LogP contribution >= 0.6 is 0 Å². The first-order valence-corrected chi connectivity index (χ1v) is 7.11. The number of methoxy groups -OCH3 is 1. The second-order valence-corrected chi connectivity index (χ2v) is 5.27. The maximum atomic E-state index is 11.6. The van der Waals surface area contributed by atoms with Crippen LogP contribution in [0.5, 0.6) is 0 Å². The molecule has 0 radical (unpaired) electrons. The summed E-state index contributed by atoms with van der Waals surface area (Å²) in [7, 11) is 1.42. The maximum Gasteiger partial charge on any atom is 0.310 e. The smallest absolute Gasteiger partial charge is 0.310 e. The van der Waals surface area contributed by atoms with E-state index in [1.54, 1.807) is 6.92 Å². The van der Waals surface area contributed by atoms with Crippen molar-refractivity contribution in [2.45, 2.75) is 52.1 Å². The molecule has 110 valence electrons. The van der Waals surface area contributed by atoms with Crippen LogP contribution in [0.15, 0.2) is 0 Å². The highest BCUT2D eigenvalue weighted by molar-refractivity contribution is 5.74. The Kier molecular flexibility index (Phi) is 6.28. The molecule has 3 atom stereocenters. The first-order valence-electron chi connectivity index (χ1n) is 7.11. The number of carbonyl (C=O) groups excluding carboxylic acids is 2. The van der Waals surface area contributed by atoms with Crippen LogP contribution in [-0.4, -0.2) is 37.6 Å². The lowest BCUT2D eigenvalue weighted by Crippen LogP contribution is -2.50. The van der Waals surface area contributed by atoms with Crippen molar-refractivity contribution in [2.75, 3.05) is 13.7 Å². The highest BCUT2D eigenvalue weighted by Crippen LogP contribution is 2.24. The van der Waals surface area contributed by atoms with E-state index < -0.39 is 0 Å². The Bertz CT molecular complexity index is 316. The van der Waals surface area contributed by atoms with Crippen molar-refractivity contribution in [2.24, 2.45) is 11.8 Å². The molecule has 2 N–H and O–H groups in total. The summed E-state index contributed by atoms with van der Waals surface area (Å²) in [5, 5.41) is 6.41. The number of hydrogen-bond acceptors (Lipinski definition) is 4. The van der Waals surface area contributed by atoms with Gasteiger partial charge in [-0.1, -0.05) is 26.7 Å². The molecule has 1 heterocycles. The fourth-order valence-corrected chi connectivity index (χ4v) is 2.96. The van der Waals surface area contributed by atoms with Crippen LogP contribution in [0.25, 0.3) is 0 Å². The molecule has 0 spiro atoms. The van der Waals surface area contributed by atoms with E-state index in [-0.39, 0.29) is 29.9 Å². The van der Waals surface area contributed by atoms with Crippen LogP contribution in [0.1, 0.15) is 40.0 Å². The number of carbonyl (C=O) groups is 2. The van der Waals surface area contributed by atoms with Gasteiger partial charge in [0.2, 0.25) is 5.91 Å². The summed E-state index contributed by atoms with van der Waals surface area (Å²) in [5.41, 5.74) is 0. The van der Waals surface area contributed by atoms with Gasteiger partial charge in [-0.2, -0.15) is 0 Å². The minimum Gasteiger partial charge on any atom is -0.469 e. The highest BCUT2D eigenvalue weighted by Gasteiger charge is 2.37. The summed E-state index contributed by atoms with van der Waals surface area (Å²) < 4.78 is 4.79. The van der Waals surface area contributed by atoms with Gasteiger partial charge in [-0.3, -0.25) is 9.59 Å². The van der Waals surface area contributed by atoms with Crippen LogP contribution < -0.4 is 10.6 Å². The van der Waals surface area contributed by atoms with Gasteiger partial charge in [0.25, 0.3) is 0 Å². The lowest BCUT2D eigenvalue weighted by molar-refractivity contribution is -0.144. The van der Waals surface area contributed by atoms with E-state index in [1.807, 2.05) is 0 Å². The van der Waals surface area contributed by atoms with Crippen molar-refractivity contribution in [3.63, 3.8) is 0 Å². The molecule has 0 aliphatic carbocycles. The molecule has 1 aliphatic rings. The van der Waals surface area contributed by atoms with Crippen LogP contribution in [0, 0.1) is 11.8 Å². The number of amides is 1. The van der Waals surface area contributed by atoms with Gasteiger partial charge in [-0.25, -0.2) is 0 Å². The van der Waals surface area contributed by atoms with E-state index in [1.165, 1.54) is 7.11 Å². The van der Waals surface area contributed by atoms with Crippen LogP contribution in [0.4, 0.5) is 0 Å². The third-order valence-electron chi connectivity index (χ3n) is 4.06. The van der Waals surface area contributed by atoms with Crippen molar-refractivity contribution in [1.82, 2.24) is 10.6 Å². The predicted molar refractivity (Wildman–Crippen MR) is 73.6 cm³/mol. The number of ether oxygens (including phenoxy) is 1. The van der Waals surface area contributed by atoms with E-state index >= 15 is 0 Å². The lowest BCUT2D eigenvalue weighted by Gasteiger charge is -2.31. The largest absolute Gasteiger partial charge is 0.469 e. The summed E-state index contributed by atoms with van der Waals surface area (Å²) in [4.78, 5) is 23.0. The van der Waals surface area contributed by atoms with E-state index in [9.17, 15) is 9.59 Å². The summed E-state index contributed by atoms with van der Waals surface area (Å²) in [6.07, 6.45) is 2.76. The minimum atomic E-state index is -0.166. The van der Waals surface area contributed by atoms with Gasteiger partial charge in [-0.15, -0.1) is 0 Å². The SMILES string of the molecule is CCC(CC)C(NC(C)=O)[C@@H]1C[C@@H](C(=O)OC)CN1. The summed E-state index contributed by atoms with van der Waals surface area (Å²) in [6.45, 7) is 6.45. The molecule has 0 aromatic rings. The topological polar surface area (TPSA) is 67.4 Å². The Morgan fingerprint density at radius 2 is 2.00 bits per heavy atom. The Balaban J connectivity index is 2.71. The number of esters is 1. The van der Waals surface area contributed by atoms with Crippen LogP contribution in [0.3, 0.4) is 0 Å². The van der Waals surface area contributed by atoms with Crippen molar-refractivity contribution in [3.8, 4) is 0 Å². The number of rotatable bonds is 6. The molecule has 0 saturated carbocycles. The maximum absolute atomic E-state index is 11.6. The molecule has 1 aliphatic heterocycles. The zero-order valence-corrected chi connectivity index (χ0v) is 12.4. The summed E-state index contributed by atoms with van der Waals surface area (Å²) >= 11 is 0. The monoisotopic (exact) mass is 270 g/mol. The van der Waals surface area contributed by atoms with Gasteiger partial charge in [-0.05, 0) is 12.3 Å². The van der Waals surface area contributed by atoms with Gasteiger partial charge >= 0.3 is 5.97 Å². The molecule has 1 unspecified atom stereocenters. The molecule has 1 saturated heterocycles. The van der Waals surface area contributed by atoms with Crippen molar-refractivity contribution < 1.29 is 14.3 Å².